The van der Waals surface area contributed by atoms with Crippen LogP contribution < -0.4 is 11.1 Å². The number of rotatable bonds is 5. The molecule has 6 nitrogen and oxygen atoms in total. The van der Waals surface area contributed by atoms with Crippen LogP contribution in [-0.2, 0) is 9.53 Å². The first-order valence-corrected chi connectivity index (χ1v) is 5.75. The second-order valence-electron chi connectivity index (χ2n) is 5.15. The minimum atomic E-state index is -3.33. The zero-order valence-electron chi connectivity index (χ0n) is 11.4. The first-order valence-electron chi connectivity index (χ1n) is 5.75. The Hall–Kier alpha value is -1.44. The van der Waals surface area contributed by atoms with Crippen LogP contribution >= 0.6 is 0 Å². The van der Waals surface area contributed by atoms with Gasteiger partial charge in [0.15, 0.2) is 5.54 Å². The molecule has 0 aliphatic carbocycles. The molecule has 0 spiro atoms. The standard InChI is InChI=1S/C11H20F2N2O4/c1-5-6(11(14,7(12)13)8(16)17)15-9(18)19-10(2,3)4/h6-7H,5,14H2,1-4H3,(H,15,18)(H,16,17). The number of halogens is 2. The lowest BCUT2D eigenvalue weighted by molar-refractivity contribution is -0.151. The van der Waals surface area contributed by atoms with E-state index in [1.165, 1.54) is 6.92 Å². The van der Waals surface area contributed by atoms with Crippen LogP contribution in [0.2, 0.25) is 0 Å². The summed E-state index contributed by atoms with van der Waals surface area (Å²) in [7, 11) is 0. The molecule has 0 aromatic carbocycles. The highest BCUT2D eigenvalue weighted by Crippen LogP contribution is 2.21. The number of aliphatic carboxylic acids is 1. The summed E-state index contributed by atoms with van der Waals surface area (Å²) in [6, 6.07) is -1.44. The topological polar surface area (TPSA) is 102 Å². The van der Waals surface area contributed by atoms with E-state index < -0.39 is 35.7 Å². The van der Waals surface area contributed by atoms with Crippen LogP contribution in [0.1, 0.15) is 34.1 Å². The Labute approximate surface area is 110 Å². The zero-order chi connectivity index (χ0) is 15.4. The van der Waals surface area contributed by atoms with E-state index in [4.69, 9.17) is 15.6 Å². The smallest absolute Gasteiger partial charge is 0.407 e. The van der Waals surface area contributed by atoms with Gasteiger partial charge in [0.25, 0.3) is 6.43 Å². The number of nitrogens with one attached hydrogen (secondary N) is 1. The van der Waals surface area contributed by atoms with Gasteiger partial charge in [-0.05, 0) is 27.2 Å². The van der Waals surface area contributed by atoms with Crippen LogP contribution in [-0.4, -0.2) is 40.8 Å². The van der Waals surface area contributed by atoms with Gasteiger partial charge < -0.3 is 20.9 Å². The van der Waals surface area contributed by atoms with Crippen molar-refractivity contribution in [2.45, 2.75) is 57.7 Å². The summed E-state index contributed by atoms with van der Waals surface area (Å²) >= 11 is 0. The average Bonchev–Trinajstić information content (AvgIpc) is 2.21. The third kappa shape index (κ3) is 4.62. The molecule has 112 valence electrons. The normalized spacial score (nSPS) is 16.6. The minimum absolute atomic E-state index is 0.0770. The molecule has 4 N–H and O–H groups in total. The van der Waals surface area contributed by atoms with E-state index in [9.17, 15) is 18.4 Å². The molecule has 2 unspecified atom stereocenters. The molecular formula is C11H20F2N2O4. The van der Waals surface area contributed by atoms with Crippen molar-refractivity contribution in [2.75, 3.05) is 0 Å². The molecule has 8 heteroatoms. The van der Waals surface area contributed by atoms with Gasteiger partial charge in [0.2, 0.25) is 0 Å². The van der Waals surface area contributed by atoms with Gasteiger partial charge in [-0.1, -0.05) is 6.92 Å². The van der Waals surface area contributed by atoms with Crippen molar-refractivity contribution in [3.63, 3.8) is 0 Å². The van der Waals surface area contributed by atoms with Crippen molar-refractivity contribution in [2.24, 2.45) is 5.73 Å². The van der Waals surface area contributed by atoms with Crippen molar-refractivity contribution in [1.29, 1.82) is 0 Å². The fourth-order valence-corrected chi connectivity index (χ4v) is 1.40. The molecule has 1 amide bonds. The van der Waals surface area contributed by atoms with Crippen molar-refractivity contribution < 1.29 is 28.2 Å². The van der Waals surface area contributed by atoms with Gasteiger partial charge in [-0.3, -0.25) is 0 Å². The highest BCUT2D eigenvalue weighted by molar-refractivity contribution is 5.81. The third-order valence-corrected chi connectivity index (χ3v) is 2.41. The Morgan fingerprint density at radius 3 is 2.11 bits per heavy atom. The number of alkyl halides is 2. The van der Waals surface area contributed by atoms with Crippen LogP contribution in [0, 0.1) is 0 Å². The number of hydrogen-bond acceptors (Lipinski definition) is 4. The Morgan fingerprint density at radius 2 is 1.84 bits per heavy atom. The number of carbonyl (C=O) groups excluding carboxylic acids is 1. The average molecular weight is 282 g/mol. The number of alkyl carbamates (subject to hydrolysis) is 1. The van der Waals surface area contributed by atoms with E-state index in [1.807, 2.05) is 0 Å². The van der Waals surface area contributed by atoms with Crippen molar-refractivity contribution >= 4 is 12.1 Å². The molecular weight excluding hydrogens is 262 g/mol. The van der Waals surface area contributed by atoms with Gasteiger partial charge in [-0.2, -0.15) is 0 Å². The Morgan fingerprint density at radius 1 is 1.37 bits per heavy atom. The molecule has 0 aromatic heterocycles. The Kier molecular flexibility index (Phi) is 5.67. The monoisotopic (exact) mass is 282 g/mol. The number of hydrogen-bond donors (Lipinski definition) is 3. The number of carboxylic acids is 1. The van der Waals surface area contributed by atoms with Crippen LogP contribution in [0.3, 0.4) is 0 Å². The van der Waals surface area contributed by atoms with Gasteiger partial charge in [0, 0.05) is 0 Å². The largest absolute Gasteiger partial charge is 0.480 e. The molecule has 0 heterocycles. The minimum Gasteiger partial charge on any atom is -0.480 e. The Balaban J connectivity index is 5.01. The summed E-state index contributed by atoms with van der Waals surface area (Å²) in [5, 5.41) is 10.9. The maximum atomic E-state index is 12.9. The van der Waals surface area contributed by atoms with Gasteiger partial charge in [-0.15, -0.1) is 0 Å². The second-order valence-corrected chi connectivity index (χ2v) is 5.15. The molecule has 0 aliphatic heterocycles. The van der Waals surface area contributed by atoms with Crippen LogP contribution in [0.5, 0.6) is 0 Å². The van der Waals surface area contributed by atoms with E-state index >= 15 is 0 Å². The van der Waals surface area contributed by atoms with Crippen LogP contribution in [0.25, 0.3) is 0 Å². The molecule has 0 aliphatic rings. The fraction of sp³-hybridized carbons (Fsp3) is 0.818. The summed E-state index contributed by atoms with van der Waals surface area (Å²) in [4.78, 5) is 22.4. The molecule has 2 atom stereocenters. The third-order valence-electron chi connectivity index (χ3n) is 2.41. The van der Waals surface area contributed by atoms with Gasteiger partial charge >= 0.3 is 12.1 Å². The van der Waals surface area contributed by atoms with Crippen molar-refractivity contribution in [3.05, 3.63) is 0 Å². The van der Waals surface area contributed by atoms with Crippen molar-refractivity contribution in [1.82, 2.24) is 5.32 Å². The van der Waals surface area contributed by atoms with Gasteiger partial charge in [0.1, 0.15) is 5.60 Å². The predicted octanol–water partition coefficient (Wildman–Crippen LogP) is 1.34. The van der Waals surface area contributed by atoms with E-state index in [2.05, 4.69) is 5.32 Å². The molecule has 0 aromatic rings. The van der Waals surface area contributed by atoms with Gasteiger partial charge in [0.05, 0.1) is 6.04 Å². The molecule has 19 heavy (non-hydrogen) atoms. The number of carbonyl (C=O) groups is 2. The lowest BCUT2D eigenvalue weighted by Gasteiger charge is -2.33. The van der Waals surface area contributed by atoms with E-state index in [-0.39, 0.29) is 6.42 Å². The van der Waals surface area contributed by atoms with E-state index in [0.29, 0.717) is 0 Å². The molecule has 0 fully saturated rings. The maximum Gasteiger partial charge on any atom is 0.407 e. The lowest BCUT2D eigenvalue weighted by Crippen LogP contribution is -2.67. The molecule has 0 saturated heterocycles. The summed E-state index contributed by atoms with van der Waals surface area (Å²) in [6.45, 7) is 6.21. The predicted molar refractivity (Wildman–Crippen MR) is 64.0 cm³/mol. The highest BCUT2D eigenvalue weighted by atomic mass is 19.3. The first kappa shape index (κ1) is 17.6. The number of ether oxygens (including phenoxy) is 1. The van der Waals surface area contributed by atoms with Gasteiger partial charge in [-0.25, -0.2) is 18.4 Å². The highest BCUT2D eigenvalue weighted by Gasteiger charge is 2.51. The summed E-state index contributed by atoms with van der Waals surface area (Å²) in [5.74, 6) is -1.88. The second kappa shape index (κ2) is 6.14. The maximum absolute atomic E-state index is 12.9. The molecule has 0 radical (unpaired) electrons. The molecule has 0 bridgehead atoms. The summed E-state index contributed by atoms with van der Waals surface area (Å²) in [5.41, 5.74) is 1.55. The number of carboxylic acid groups (broad SMARTS) is 1. The number of nitrogens with two attached hydrogens (primary N) is 1. The quantitative estimate of drug-likeness (QED) is 0.706. The SMILES string of the molecule is CCC(NC(=O)OC(C)(C)C)C(N)(C(=O)O)C(F)F. The fourth-order valence-electron chi connectivity index (χ4n) is 1.40. The number of amides is 1. The zero-order valence-corrected chi connectivity index (χ0v) is 11.4. The molecule has 0 rings (SSSR count). The Bertz CT molecular complexity index is 344. The van der Waals surface area contributed by atoms with Crippen molar-refractivity contribution in [3.8, 4) is 0 Å². The lowest BCUT2D eigenvalue weighted by atomic mass is 9.89. The van der Waals surface area contributed by atoms with E-state index in [1.54, 1.807) is 20.8 Å². The van der Waals surface area contributed by atoms with E-state index in [0.717, 1.165) is 0 Å². The van der Waals surface area contributed by atoms with Crippen LogP contribution in [0.15, 0.2) is 0 Å². The summed E-state index contributed by atoms with van der Waals surface area (Å²) < 4.78 is 30.6. The summed E-state index contributed by atoms with van der Waals surface area (Å²) in [6.07, 6.45) is -4.40. The van der Waals surface area contributed by atoms with Crippen LogP contribution in [0.4, 0.5) is 13.6 Å². The first-order chi connectivity index (χ1) is 8.45. The molecule has 0 saturated carbocycles.